The lowest BCUT2D eigenvalue weighted by atomic mass is 10.1. The molecular formula is C11H10O4S. The molecule has 0 aliphatic rings. The molecule has 0 atom stereocenters. The second-order valence-corrected chi connectivity index (χ2v) is 4.71. The highest BCUT2D eigenvalue weighted by molar-refractivity contribution is 7.86. The molecule has 0 aliphatic carbocycles. The Labute approximate surface area is 93.2 Å². The lowest BCUT2D eigenvalue weighted by Crippen LogP contribution is -1.98. The van der Waals surface area contributed by atoms with Crippen molar-refractivity contribution in [2.75, 3.05) is 7.11 Å². The highest BCUT2D eigenvalue weighted by atomic mass is 32.2. The number of hydrogen-bond acceptors (Lipinski definition) is 3. The molecule has 84 valence electrons. The maximum atomic E-state index is 11.2. The SMILES string of the molecule is COc1ccc2cccc(S(=O)(=O)O)c2c1. The monoisotopic (exact) mass is 238 g/mol. The minimum Gasteiger partial charge on any atom is -0.497 e. The predicted octanol–water partition coefficient (Wildman–Crippen LogP) is 2.10. The van der Waals surface area contributed by atoms with Crippen molar-refractivity contribution in [3.63, 3.8) is 0 Å². The van der Waals surface area contributed by atoms with Crippen LogP contribution in [0.2, 0.25) is 0 Å². The summed E-state index contributed by atoms with van der Waals surface area (Å²) in [7, 11) is -2.71. The molecule has 0 aromatic heterocycles. The molecule has 5 heteroatoms. The van der Waals surface area contributed by atoms with Gasteiger partial charge in [0.2, 0.25) is 0 Å². The van der Waals surface area contributed by atoms with E-state index in [4.69, 9.17) is 9.29 Å². The van der Waals surface area contributed by atoms with Gasteiger partial charge in [0.1, 0.15) is 10.6 Å². The van der Waals surface area contributed by atoms with E-state index in [0.29, 0.717) is 11.1 Å². The molecular weight excluding hydrogens is 228 g/mol. The molecule has 1 N–H and O–H groups in total. The van der Waals surface area contributed by atoms with Gasteiger partial charge >= 0.3 is 0 Å². The Bertz CT molecular complexity index is 631. The smallest absolute Gasteiger partial charge is 0.295 e. The zero-order chi connectivity index (χ0) is 11.8. The van der Waals surface area contributed by atoms with Crippen molar-refractivity contribution in [2.24, 2.45) is 0 Å². The minimum atomic E-state index is -4.21. The minimum absolute atomic E-state index is 0.107. The van der Waals surface area contributed by atoms with Gasteiger partial charge in [-0.25, -0.2) is 0 Å². The van der Waals surface area contributed by atoms with Gasteiger partial charge < -0.3 is 4.74 Å². The Hall–Kier alpha value is -1.59. The van der Waals surface area contributed by atoms with Gasteiger partial charge in [-0.05, 0) is 23.6 Å². The summed E-state index contributed by atoms with van der Waals surface area (Å²) in [5, 5.41) is 1.18. The third kappa shape index (κ3) is 1.87. The molecule has 2 aromatic carbocycles. The highest BCUT2D eigenvalue weighted by Gasteiger charge is 2.13. The number of ether oxygens (including phenoxy) is 1. The van der Waals surface area contributed by atoms with Crippen LogP contribution < -0.4 is 4.74 Å². The van der Waals surface area contributed by atoms with E-state index in [9.17, 15) is 8.42 Å². The molecule has 4 nitrogen and oxygen atoms in total. The second-order valence-electron chi connectivity index (χ2n) is 3.32. The predicted molar refractivity (Wildman–Crippen MR) is 60.3 cm³/mol. The average molecular weight is 238 g/mol. The van der Waals surface area contributed by atoms with Crippen molar-refractivity contribution in [2.45, 2.75) is 4.90 Å². The Kier molecular flexibility index (Phi) is 2.57. The van der Waals surface area contributed by atoms with Crippen LogP contribution in [0.4, 0.5) is 0 Å². The molecule has 0 unspecified atom stereocenters. The maximum Gasteiger partial charge on any atom is 0.295 e. The number of rotatable bonds is 2. The Morgan fingerprint density at radius 3 is 2.56 bits per heavy atom. The van der Waals surface area contributed by atoms with Crippen molar-refractivity contribution in [3.05, 3.63) is 36.4 Å². The van der Waals surface area contributed by atoms with Crippen LogP contribution in [0.15, 0.2) is 41.3 Å². The van der Waals surface area contributed by atoms with Crippen molar-refractivity contribution in [1.29, 1.82) is 0 Å². The summed E-state index contributed by atoms with van der Waals surface area (Å²) in [6.45, 7) is 0. The molecule has 0 saturated carbocycles. The van der Waals surface area contributed by atoms with Crippen LogP contribution in [0, 0.1) is 0 Å². The lowest BCUT2D eigenvalue weighted by Gasteiger charge is -2.05. The Morgan fingerprint density at radius 2 is 1.94 bits per heavy atom. The van der Waals surface area contributed by atoms with E-state index >= 15 is 0 Å². The molecule has 0 radical (unpaired) electrons. The molecule has 0 amide bonds. The van der Waals surface area contributed by atoms with Crippen LogP contribution >= 0.6 is 0 Å². The van der Waals surface area contributed by atoms with Gasteiger partial charge in [0.25, 0.3) is 10.1 Å². The molecule has 0 saturated heterocycles. The zero-order valence-electron chi connectivity index (χ0n) is 8.54. The van der Waals surface area contributed by atoms with E-state index in [-0.39, 0.29) is 4.90 Å². The Balaban J connectivity index is 2.85. The van der Waals surface area contributed by atoms with Crippen molar-refractivity contribution >= 4 is 20.9 Å². The largest absolute Gasteiger partial charge is 0.497 e. The van der Waals surface area contributed by atoms with E-state index in [0.717, 1.165) is 5.39 Å². The van der Waals surface area contributed by atoms with Gasteiger partial charge in [-0.1, -0.05) is 18.2 Å². The van der Waals surface area contributed by atoms with Crippen LogP contribution in [-0.2, 0) is 10.1 Å². The summed E-state index contributed by atoms with van der Waals surface area (Å²) >= 11 is 0. The van der Waals surface area contributed by atoms with Crippen LogP contribution in [0.3, 0.4) is 0 Å². The first-order valence-electron chi connectivity index (χ1n) is 4.56. The van der Waals surface area contributed by atoms with Crippen LogP contribution in [-0.4, -0.2) is 20.1 Å². The molecule has 2 aromatic rings. The number of methoxy groups -OCH3 is 1. The summed E-state index contributed by atoms with van der Waals surface area (Å²) in [6.07, 6.45) is 0. The standard InChI is InChI=1S/C11H10O4S/c1-15-9-6-5-8-3-2-4-11(10(8)7-9)16(12,13)14/h2-7H,1H3,(H,12,13,14). The first-order chi connectivity index (χ1) is 7.52. The Morgan fingerprint density at radius 1 is 1.19 bits per heavy atom. The highest BCUT2D eigenvalue weighted by Crippen LogP contribution is 2.26. The van der Waals surface area contributed by atoms with Crippen molar-refractivity contribution in [3.8, 4) is 5.75 Å². The fourth-order valence-electron chi connectivity index (χ4n) is 1.57. The first kappa shape index (κ1) is 10.9. The fraction of sp³-hybridized carbons (Fsp3) is 0.0909. The molecule has 0 bridgehead atoms. The third-order valence-corrected chi connectivity index (χ3v) is 3.24. The van der Waals surface area contributed by atoms with E-state index in [1.165, 1.54) is 13.2 Å². The second kappa shape index (κ2) is 3.77. The zero-order valence-corrected chi connectivity index (χ0v) is 9.36. The topological polar surface area (TPSA) is 63.6 Å². The van der Waals surface area contributed by atoms with Crippen LogP contribution in [0.25, 0.3) is 10.8 Å². The number of fused-ring (bicyclic) bond motifs is 1. The maximum absolute atomic E-state index is 11.2. The lowest BCUT2D eigenvalue weighted by molar-refractivity contribution is 0.415. The summed E-state index contributed by atoms with van der Waals surface area (Å²) in [5.74, 6) is 0.545. The molecule has 2 rings (SSSR count). The summed E-state index contributed by atoms with van der Waals surface area (Å²) < 4.78 is 36.4. The first-order valence-corrected chi connectivity index (χ1v) is 6.00. The summed E-state index contributed by atoms with van der Waals surface area (Å²) in [4.78, 5) is -0.107. The van der Waals surface area contributed by atoms with Gasteiger partial charge in [-0.15, -0.1) is 0 Å². The normalized spacial score (nSPS) is 11.6. The van der Waals surface area contributed by atoms with Crippen molar-refractivity contribution in [1.82, 2.24) is 0 Å². The van der Waals surface area contributed by atoms with Gasteiger partial charge in [0, 0.05) is 5.39 Å². The van der Waals surface area contributed by atoms with E-state index in [1.807, 2.05) is 0 Å². The van der Waals surface area contributed by atoms with Gasteiger partial charge in [-0.3, -0.25) is 4.55 Å². The molecule has 16 heavy (non-hydrogen) atoms. The van der Waals surface area contributed by atoms with E-state index < -0.39 is 10.1 Å². The van der Waals surface area contributed by atoms with Gasteiger partial charge in [0.15, 0.2) is 0 Å². The van der Waals surface area contributed by atoms with Gasteiger partial charge in [0.05, 0.1) is 7.11 Å². The molecule has 0 aliphatic heterocycles. The van der Waals surface area contributed by atoms with Crippen LogP contribution in [0.5, 0.6) is 5.75 Å². The summed E-state index contributed by atoms with van der Waals surface area (Å²) in [5.41, 5.74) is 0. The number of hydrogen-bond donors (Lipinski definition) is 1. The van der Waals surface area contributed by atoms with Gasteiger partial charge in [-0.2, -0.15) is 8.42 Å². The van der Waals surface area contributed by atoms with Crippen molar-refractivity contribution < 1.29 is 17.7 Å². The molecule has 0 heterocycles. The quantitative estimate of drug-likeness (QED) is 0.814. The van der Waals surface area contributed by atoms with E-state index in [2.05, 4.69) is 0 Å². The fourth-order valence-corrected chi connectivity index (χ4v) is 2.28. The third-order valence-electron chi connectivity index (χ3n) is 2.33. The molecule has 0 fully saturated rings. The summed E-state index contributed by atoms with van der Waals surface area (Å²) in [6, 6.07) is 9.76. The van der Waals surface area contributed by atoms with Crippen LogP contribution in [0.1, 0.15) is 0 Å². The average Bonchev–Trinajstić information content (AvgIpc) is 2.26. The molecule has 0 spiro atoms. The van der Waals surface area contributed by atoms with E-state index in [1.54, 1.807) is 30.3 Å². The number of benzene rings is 2.